The summed E-state index contributed by atoms with van der Waals surface area (Å²) in [4.78, 5) is 0. The molecule has 0 heterocycles. The second-order valence-electron chi connectivity index (χ2n) is 5.27. The van der Waals surface area contributed by atoms with Crippen molar-refractivity contribution in [2.45, 2.75) is 31.5 Å². The highest BCUT2D eigenvalue weighted by Gasteiger charge is 2.31. The van der Waals surface area contributed by atoms with Crippen LogP contribution >= 0.6 is 0 Å². The zero-order valence-corrected chi connectivity index (χ0v) is 12.2. The van der Waals surface area contributed by atoms with Crippen molar-refractivity contribution in [3.63, 3.8) is 0 Å². The van der Waals surface area contributed by atoms with E-state index in [1.807, 2.05) is 6.92 Å². The molecule has 0 saturated heterocycles. The minimum absolute atomic E-state index is 0.459. The number of nitriles is 1. The molecule has 2 rings (SSSR count). The van der Waals surface area contributed by atoms with Crippen molar-refractivity contribution >= 4 is 12.2 Å². The summed E-state index contributed by atoms with van der Waals surface area (Å²) in [7, 11) is 0. The van der Waals surface area contributed by atoms with Crippen molar-refractivity contribution in [1.29, 1.82) is 5.26 Å². The summed E-state index contributed by atoms with van der Waals surface area (Å²) in [5, 5.41) is 12.6. The molecule has 116 valence electrons. The number of benzene rings is 1. The van der Waals surface area contributed by atoms with Gasteiger partial charge in [0.25, 0.3) is 0 Å². The van der Waals surface area contributed by atoms with E-state index in [2.05, 4.69) is 11.4 Å². The first-order valence-corrected chi connectivity index (χ1v) is 7.16. The molecule has 1 unspecified atom stereocenters. The minimum Gasteiger partial charge on any atom is -0.293 e. The number of fused-ring (bicyclic) bond motifs is 1. The van der Waals surface area contributed by atoms with E-state index in [9.17, 15) is 18.4 Å². The molecule has 1 aromatic carbocycles. The molecule has 0 bridgehead atoms. The van der Waals surface area contributed by atoms with Gasteiger partial charge in [0.1, 0.15) is 5.54 Å². The van der Waals surface area contributed by atoms with Gasteiger partial charge in [0.15, 0.2) is 0 Å². The van der Waals surface area contributed by atoms with E-state index in [1.165, 1.54) is 6.07 Å². The van der Waals surface area contributed by atoms with Gasteiger partial charge >= 0.3 is 6.18 Å². The SMILES string of the molecule is CCCCNC1(C#N)C=Cc2ccc(C(F)(F)F)cc2C=C1. The molecule has 0 saturated carbocycles. The van der Waals surface area contributed by atoms with Gasteiger partial charge in [-0.25, -0.2) is 0 Å². The molecular formula is C17H17F3N2. The summed E-state index contributed by atoms with van der Waals surface area (Å²) in [6.45, 7) is 2.72. The molecule has 0 aromatic heterocycles. The third-order valence-corrected chi connectivity index (χ3v) is 3.60. The Morgan fingerprint density at radius 2 is 1.86 bits per heavy atom. The van der Waals surface area contributed by atoms with Crippen LogP contribution in [0, 0.1) is 11.3 Å². The number of nitrogens with zero attached hydrogens (tertiary/aromatic N) is 1. The van der Waals surface area contributed by atoms with Gasteiger partial charge in [0.05, 0.1) is 11.6 Å². The van der Waals surface area contributed by atoms with Gasteiger partial charge < -0.3 is 0 Å². The van der Waals surface area contributed by atoms with Gasteiger partial charge in [0.2, 0.25) is 0 Å². The standard InChI is InChI=1S/C17H17F3N2/c1-2-3-10-22-16(12-21)8-6-13-4-5-15(17(18,19)20)11-14(13)7-9-16/h4-9,11,22H,2-3,10H2,1H3. The fourth-order valence-corrected chi connectivity index (χ4v) is 2.25. The summed E-state index contributed by atoms with van der Waals surface area (Å²) in [5.74, 6) is 0. The molecule has 0 amide bonds. The highest BCUT2D eigenvalue weighted by atomic mass is 19.4. The first kappa shape index (κ1) is 16.3. The first-order valence-electron chi connectivity index (χ1n) is 7.16. The molecule has 22 heavy (non-hydrogen) atoms. The van der Waals surface area contributed by atoms with Crippen molar-refractivity contribution in [3.8, 4) is 6.07 Å². The zero-order valence-electron chi connectivity index (χ0n) is 12.2. The summed E-state index contributed by atoms with van der Waals surface area (Å²) in [6.07, 6.45) is 4.13. The predicted molar refractivity (Wildman–Crippen MR) is 80.8 cm³/mol. The average molecular weight is 306 g/mol. The number of hydrogen-bond donors (Lipinski definition) is 1. The Kier molecular flexibility index (Phi) is 4.72. The maximum Gasteiger partial charge on any atom is 0.416 e. The second kappa shape index (κ2) is 6.37. The molecule has 1 atom stereocenters. The van der Waals surface area contributed by atoms with Crippen LogP contribution < -0.4 is 5.32 Å². The van der Waals surface area contributed by atoms with Gasteiger partial charge in [-0.15, -0.1) is 0 Å². The van der Waals surface area contributed by atoms with Crippen molar-refractivity contribution in [2.75, 3.05) is 6.54 Å². The smallest absolute Gasteiger partial charge is 0.293 e. The first-order chi connectivity index (χ1) is 10.4. The van der Waals surface area contributed by atoms with Crippen LogP contribution in [0.15, 0.2) is 30.4 Å². The lowest BCUT2D eigenvalue weighted by Crippen LogP contribution is -2.40. The Bertz CT molecular complexity index is 638. The van der Waals surface area contributed by atoms with E-state index in [0.29, 0.717) is 17.7 Å². The lowest BCUT2D eigenvalue weighted by Gasteiger charge is -2.19. The minimum atomic E-state index is -4.37. The summed E-state index contributed by atoms with van der Waals surface area (Å²) >= 11 is 0. The van der Waals surface area contributed by atoms with Crippen LogP contribution in [0.2, 0.25) is 0 Å². The fraction of sp³-hybridized carbons (Fsp3) is 0.353. The van der Waals surface area contributed by atoms with E-state index in [4.69, 9.17) is 0 Å². The highest BCUT2D eigenvalue weighted by molar-refractivity contribution is 5.71. The van der Waals surface area contributed by atoms with Crippen molar-refractivity contribution in [3.05, 3.63) is 47.0 Å². The summed E-state index contributed by atoms with van der Waals surface area (Å²) in [6, 6.07) is 5.78. The largest absolute Gasteiger partial charge is 0.416 e. The maximum atomic E-state index is 12.8. The Morgan fingerprint density at radius 1 is 1.18 bits per heavy atom. The molecule has 1 aliphatic carbocycles. The van der Waals surface area contributed by atoms with Gasteiger partial charge in [-0.1, -0.05) is 31.6 Å². The molecular weight excluding hydrogens is 289 g/mol. The quantitative estimate of drug-likeness (QED) is 0.837. The fourth-order valence-electron chi connectivity index (χ4n) is 2.25. The van der Waals surface area contributed by atoms with Crippen molar-refractivity contribution < 1.29 is 13.2 Å². The van der Waals surface area contributed by atoms with Gasteiger partial charge in [-0.05, 0) is 48.4 Å². The molecule has 1 N–H and O–H groups in total. The molecule has 0 spiro atoms. The monoisotopic (exact) mass is 306 g/mol. The zero-order chi connectivity index (χ0) is 16.2. The van der Waals surface area contributed by atoms with Crippen LogP contribution in [0.25, 0.3) is 12.2 Å². The maximum absolute atomic E-state index is 12.8. The topological polar surface area (TPSA) is 35.8 Å². The Labute approximate surface area is 127 Å². The van der Waals surface area contributed by atoms with E-state index in [-0.39, 0.29) is 0 Å². The lowest BCUT2D eigenvalue weighted by atomic mass is 10.0. The Hall–Kier alpha value is -2.06. The van der Waals surface area contributed by atoms with E-state index in [0.717, 1.165) is 25.0 Å². The number of unbranched alkanes of at least 4 members (excludes halogenated alkanes) is 1. The number of hydrogen-bond acceptors (Lipinski definition) is 2. The summed E-state index contributed by atoms with van der Waals surface area (Å²) in [5.41, 5.74) is -0.543. The predicted octanol–water partition coefficient (Wildman–Crippen LogP) is 4.40. The van der Waals surface area contributed by atoms with E-state index < -0.39 is 17.3 Å². The number of halogens is 3. The Morgan fingerprint density at radius 3 is 2.45 bits per heavy atom. The van der Waals surface area contributed by atoms with Crippen LogP contribution in [0.5, 0.6) is 0 Å². The number of nitrogens with one attached hydrogen (secondary N) is 1. The number of alkyl halides is 3. The van der Waals surface area contributed by atoms with E-state index in [1.54, 1.807) is 24.3 Å². The van der Waals surface area contributed by atoms with E-state index >= 15 is 0 Å². The second-order valence-corrected chi connectivity index (χ2v) is 5.27. The van der Waals surface area contributed by atoms with Crippen molar-refractivity contribution in [1.82, 2.24) is 5.32 Å². The Balaban J connectivity index is 2.33. The normalized spacial score (nSPS) is 20.3. The van der Waals surface area contributed by atoms with Crippen LogP contribution in [0.1, 0.15) is 36.5 Å². The van der Waals surface area contributed by atoms with Crippen LogP contribution in [-0.2, 0) is 6.18 Å². The van der Waals surface area contributed by atoms with Crippen LogP contribution in [-0.4, -0.2) is 12.1 Å². The third-order valence-electron chi connectivity index (χ3n) is 3.60. The highest BCUT2D eigenvalue weighted by Crippen LogP contribution is 2.32. The molecule has 1 aromatic rings. The number of rotatable bonds is 4. The lowest BCUT2D eigenvalue weighted by molar-refractivity contribution is -0.137. The molecule has 5 heteroatoms. The van der Waals surface area contributed by atoms with Gasteiger partial charge in [0, 0.05) is 0 Å². The summed E-state index contributed by atoms with van der Waals surface area (Å²) < 4.78 is 38.3. The average Bonchev–Trinajstić information content (AvgIpc) is 2.67. The van der Waals surface area contributed by atoms with Crippen molar-refractivity contribution in [2.24, 2.45) is 0 Å². The molecule has 0 fully saturated rings. The third kappa shape index (κ3) is 3.58. The van der Waals surface area contributed by atoms with Crippen LogP contribution in [0.4, 0.5) is 13.2 Å². The molecule has 0 aliphatic heterocycles. The molecule has 1 aliphatic rings. The molecule has 0 radical (unpaired) electrons. The molecule has 2 nitrogen and oxygen atoms in total. The van der Waals surface area contributed by atoms with Gasteiger partial charge in [-0.2, -0.15) is 18.4 Å². The van der Waals surface area contributed by atoms with Gasteiger partial charge in [-0.3, -0.25) is 5.32 Å². The van der Waals surface area contributed by atoms with Crippen LogP contribution in [0.3, 0.4) is 0 Å².